The normalized spacial score (nSPS) is 14.6. The Morgan fingerprint density at radius 1 is 0.930 bits per heavy atom. The number of carbonyl (C=O) groups is 1. The second-order valence-corrected chi connectivity index (χ2v) is 11.7. The van der Waals surface area contributed by atoms with Crippen LogP contribution in [0.15, 0.2) is 97.2 Å². The summed E-state index contributed by atoms with van der Waals surface area (Å²) in [5.41, 5.74) is 7.83. The van der Waals surface area contributed by atoms with E-state index in [9.17, 15) is 4.79 Å². The van der Waals surface area contributed by atoms with E-state index in [1.54, 1.807) is 7.11 Å². The third-order valence-electron chi connectivity index (χ3n) is 8.27. The first-order valence-electron chi connectivity index (χ1n) is 15.0. The molecule has 6 heteroatoms. The molecule has 4 aromatic carbocycles. The zero-order valence-corrected chi connectivity index (χ0v) is 25.2. The predicted octanol–water partition coefficient (Wildman–Crippen LogP) is 7.12. The molecule has 2 heterocycles. The van der Waals surface area contributed by atoms with Crippen molar-refractivity contribution in [2.75, 3.05) is 39.2 Å². The van der Waals surface area contributed by atoms with Gasteiger partial charge in [-0.05, 0) is 84.9 Å². The highest BCUT2D eigenvalue weighted by Gasteiger charge is 2.29. The highest BCUT2D eigenvalue weighted by Crippen LogP contribution is 2.35. The molecule has 6 rings (SSSR count). The third kappa shape index (κ3) is 6.60. The maximum atomic E-state index is 13.8. The zero-order chi connectivity index (χ0) is 29.8. The van der Waals surface area contributed by atoms with E-state index >= 15 is 0 Å². The molecular weight excluding hydrogens is 534 g/mol. The van der Waals surface area contributed by atoms with Gasteiger partial charge in [0, 0.05) is 42.7 Å². The molecule has 0 radical (unpaired) electrons. The molecule has 1 aromatic heterocycles. The van der Waals surface area contributed by atoms with Crippen molar-refractivity contribution in [3.63, 3.8) is 0 Å². The van der Waals surface area contributed by atoms with Gasteiger partial charge in [-0.2, -0.15) is 0 Å². The number of anilines is 1. The van der Waals surface area contributed by atoms with Crippen molar-refractivity contribution in [2.45, 2.75) is 25.9 Å². The minimum Gasteiger partial charge on any atom is -0.497 e. The summed E-state index contributed by atoms with van der Waals surface area (Å²) >= 11 is 0. The van der Waals surface area contributed by atoms with Crippen molar-refractivity contribution < 1.29 is 14.3 Å². The second kappa shape index (κ2) is 12.8. The van der Waals surface area contributed by atoms with Crippen molar-refractivity contribution in [1.82, 2.24) is 9.88 Å². The number of nitrogens with zero attached hydrogens (tertiary/aromatic N) is 2. The van der Waals surface area contributed by atoms with E-state index < -0.39 is 0 Å². The van der Waals surface area contributed by atoms with Crippen LogP contribution >= 0.6 is 0 Å². The summed E-state index contributed by atoms with van der Waals surface area (Å²) in [6.45, 7) is 2.11. The number of carbonyl (C=O) groups excluding carboxylic acids is 1. The van der Waals surface area contributed by atoms with Gasteiger partial charge in [0.05, 0.1) is 12.8 Å². The fourth-order valence-corrected chi connectivity index (χ4v) is 6.12. The van der Waals surface area contributed by atoms with Crippen LogP contribution in [0.5, 0.6) is 11.5 Å². The number of H-pyrrole nitrogens is 1. The summed E-state index contributed by atoms with van der Waals surface area (Å²) in [7, 11) is 5.86. The number of methoxy groups -OCH3 is 1. The average molecular weight is 574 g/mol. The molecule has 1 aliphatic heterocycles. The van der Waals surface area contributed by atoms with Crippen LogP contribution in [-0.4, -0.2) is 50.1 Å². The molecule has 0 saturated heterocycles. The number of hydrogen-bond acceptors (Lipinski definition) is 4. The van der Waals surface area contributed by atoms with Gasteiger partial charge in [0.15, 0.2) is 0 Å². The molecule has 0 aliphatic carbocycles. The van der Waals surface area contributed by atoms with Gasteiger partial charge in [0.25, 0.3) is 0 Å². The van der Waals surface area contributed by atoms with Gasteiger partial charge in [-0.25, -0.2) is 0 Å². The summed E-state index contributed by atoms with van der Waals surface area (Å²) < 4.78 is 11.7. The van der Waals surface area contributed by atoms with E-state index in [0.717, 1.165) is 52.2 Å². The van der Waals surface area contributed by atoms with E-state index in [4.69, 9.17) is 9.47 Å². The van der Waals surface area contributed by atoms with E-state index in [-0.39, 0.29) is 5.91 Å². The lowest BCUT2D eigenvalue weighted by molar-refractivity contribution is -0.118. The third-order valence-corrected chi connectivity index (χ3v) is 8.27. The number of benzene rings is 4. The lowest BCUT2D eigenvalue weighted by Crippen LogP contribution is -2.43. The highest BCUT2D eigenvalue weighted by atomic mass is 16.5. The number of aromatic amines is 1. The molecule has 1 atom stereocenters. The molecule has 6 nitrogen and oxygen atoms in total. The van der Waals surface area contributed by atoms with Crippen molar-refractivity contribution in [3.8, 4) is 22.6 Å². The van der Waals surface area contributed by atoms with Gasteiger partial charge < -0.3 is 24.3 Å². The molecule has 0 fully saturated rings. The summed E-state index contributed by atoms with van der Waals surface area (Å²) in [6, 6.07) is 31.1. The zero-order valence-electron chi connectivity index (χ0n) is 25.2. The molecule has 1 aliphatic rings. The SMILES string of the molecule is COc1ccc2[nH]cc(CCC(=O)N3CC(CN(C)C)Cc4ccc(OCc5ccc(-c6ccccc6)cc5)cc43)c2c1. The Morgan fingerprint density at radius 2 is 1.70 bits per heavy atom. The summed E-state index contributed by atoms with van der Waals surface area (Å²) in [5, 5.41) is 1.10. The first-order valence-corrected chi connectivity index (χ1v) is 15.0. The minimum absolute atomic E-state index is 0.135. The average Bonchev–Trinajstić information content (AvgIpc) is 3.44. The molecule has 0 saturated carbocycles. The van der Waals surface area contributed by atoms with E-state index in [2.05, 4.69) is 78.6 Å². The fourth-order valence-electron chi connectivity index (χ4n) is 6.12. The first-order chi connectivity index (χ1) is 21.0. The minimum atomic E-state index is 0.135. The molecule has 1 N–H and O–H groups in total. The van der Waals surface area contributed by atoms with Crippen LogP contribution < -0.4 is 14.4 Å². The first kappa shape index (κ1) is 28.6. The summed E-state index contributed by atoms with van der Waals surface area (Å²) in [4.78, 5) is 21.4. The van der Waals surface area contributed by atoms with Gasteiger partial charge in [-0.3, -0.25) is 4.79 Å². The Kier molecular flexibility index (Phi) is 8.47. The lowest BCUT2D eigenvalue weighted by Gasteiger charge is -2.36. The Labute approximate surface area is 253 Å². The van der Waals surface area contributed by atoms with Crippen LogP contribution in [0.4, 0.5) is 5.69 Å². The highest BCUT2D eigenvalue weighted by molar-refractivity contribution is 5.95. The van der Waals surface area contributed by atoms with Crippen LogP contribution in [0, 0.1) is 5.92 Å². The van der Waals surface area contributed by atoms with Crippen molar-refractivity contribution in [1.29, 1.82) is 0 Å². The Bertz CT molecular complexity index is 1690. The van der Waals surface area contributed by atoms with Gasteiger partial charge in [0.2, 0.25) is 5.91 Å². The molecule has 43 heavy (non-hydrogen) atoms. The van der Waals surface area contributed by atoms with Crippen LogP contribution in [0.2, 0.25) is 0 Å². The van der Waals surface area contributed by atoms with Crippen molar-refractivity contribution in [2.24, 2.45) is 5.92 Å². The van der Waals surface area contributed by atoms with Gasteiger partial charge in [-0.15, -0.1) is 0 Å². The van der Waals surface area contributed by atoms with E-state index in [1.165, 1.54) is 16.7 Å². The lowest BCUT2D eigenvalue weighted by atomic mass is 9.91. The molecule has 0 spiro atoms. The van der Waals surface area contributed by atoms with E-state index in [0.29, 0.717) is 31.9 Å². The van der Waals surface area contributed by atoms with Crippen molar-refractivity contribution in [3.05, 3.63) is 114 Å². The smallest absolute Gasteiger partial charge is 0.227 e. The van der Waals surface area contributed by atoms with E-state index in [1.807, 2.05) is 47.5 Å². The van der Waals surface area contributed by atoms with Gasteiger partial charge in [-0.1, -0.05) is 60.7 Å². The predicted molar refractivity (Wildman–Crippen MR) is 174 cm³/mol. The van der Waals surface area contributed by atoms with Gasteiger partial charge >= 0.3 is 0 Å². The molecular formula is C37H39N3O3. The molecule has 0 bridgehead atoms. The van der Waals surface area contributed by atoms with Crippen LogP contribution in [0.1, 0.15) is 23.1 Å². The topological polar surface area (TPSA) is 57.8 Å². The Balaban J connectivity index is 1.17. The number of aryl methyl sites for hydroxylation is 1. The van der Waals surface area contributed by atoms with Crippen LogP contribution in [-0.2, 0) is 24.2 Å². The second-order valence-electron chi connectivity index (χ2n) is 11.7. The Hall–Kier alpha value is -4.55. The van der Waals surface area contributed by atoms with Gasteiger partial charge in [0.1, 0.15) is 18.1 Å². The Morgan fingerprint density at radius 3 is 2.47 bits per heavy atom. The summed E-state index contributed by atoms with van der Waals surface area (Å²) in [6.07, 6.45) is 4.04. The van der Waals surface area contributed by atoms with Crippen molar-refractivity contribution >= 4 is 22.5 Å². The largest absolute Gasteiger partial charge is 0.497 e. The number of rotatable bonds is 10. The maximum Gasteiger partial charge on any atom is 0.227 e. The summed E-state index contributed by atoms with van der Waals surface area (Å²) in [5.74, 6) is 2.10. The monoisotopic (exact) mass is 573 g/mol. The number of hydrogen-bond donors (Lipinski definition) is 1. The number of fused-ring (bicyclic) bond motifs is 2. The standard InChI is InChI=1S/C37H39N3O3/c1-39(2)23-27-19-30-13-15-33(43-25-26-9-11-29(12-10-26)28-7-5-4-6-8-28)21-36(30)40(24-27)37(41)18-14-31-22-38-35-17-16-32(42-3)20-34(31)35/h4-13,15-17,20-22,27,38H,14,18-19,23-25H2,1-3H3. The number of ether oxygens (including phenoxy) is 2. The number of amides is 1. The molecule has 1 amide bonds. The quantitative estimate of drug-likeness (QED) is 0.193. The maximum absolute atomic E-state index is 13.8. The number of nitrogens with one attached hydrogen (secondary N) is 1. The van der Waals surface area contributed by atoms with Crippen LogP contribution in [0.25, 0.3) is 22.0 Å². The number of aromatic nitrogens is 1. The fraction of sp³-hybridized carbons (Fsp3) is 0.270. The van der Waals surface area contributed by atoms with Crippen LogP contribution in [0.3, 0.4) is 0 Å². The molecule has 1 unspecified atom stereocenters. The molecule has 5 aromatic rings. The molecule has 220 valence electrons.